The number of aromatic nitrogens is 1. The van der Waals surface area contributed by atoms with Crippen LogP contribution >= 0.6 is 22.7 Å². The molecule has 16 heavy (non-hydrogen) atoms. The smallest absolute Gasteiger partial charge is 0.347 e. The van der Waals surface area contributed by atoms with Crippen molar-refractivity contribution in [2.75, 3.05) is 0 Å². The van der Waals surface area contributed by atoms with E-state index >= 15 is 0 Å². The maximum absolute atomic E-state index is 10.9. The van der Waals surface area contributed by atoms with Crippen molar-refractivity contribution >= 4 is 28.6 Å². The molecule has 2 aromatic rings. The predicted molar refractivity (Wildman–Crippen MR) is 65.6 cm³/mol. The summed E-state index contributed by atoms with van der Waals surface area (Å²) in [6, 6.07) is 4.04. The van der Waals surface area contributed by atoms with Crippen molar-refractivity contribution in [2.45, 2.75) is 19.8 Å². The second-order valence-corrected chi connectivity index (χ2v) is 5.52. The molecule has 0 aromatic carbocycles. The third-order valence-corrected chi connectivity index (χ3v) is 4.73. The average Bonchev–Trinajstić information content (AvgIpc) is 2.84. The highest BCUT2D eigenvalue weighted by molar-refractivity contribution is 7.14. The second-order valence-electron chi connectivity index (χ2n) is 3.51. The third kappa shape index (κ3) is 2.01. The van der Waals surface area contributed by atoms with Gasteiger partial charge in [-0.1, -0.05) is 13.0 Å². The van der Waals surface area contributed by atoms with Crippen molar-refractivity contribution in [3.63, 3.8) is 0 Å². The summed E-state index contributed by atoms with van der Waals surface area (Å²) in [6.45, 7) is 3.79. The highest BCUT2D eigenvalue weighted by atomic mass is 32.1. The van der Waals surface area contributed by atoms with Crippen LogP contribution in [0.3, 0.4) is 0 Å². The maximum atomic E-state index is 10.9. The Morgan fingerprint density at radius 1 is 1.56 bits per heavy atom. The number of rotatable bonds is 3. The Morgan fingerprint density at radius 2 is 2.31 bits per heavy atom. The molecule has 0 aliphatic heterocycles. The van der Waals surface area contributed by atoms with E-state index in [4.69, 9.17) is 5.11 Å². The molecule has 2 rings (SSSR count). The lowest BCUT2D eigenvalue weighted by Crippen LogP contribution is -1.94. The number of aromatic carboxylic acids is 1. The number of aryl methyl sites for hydroxylation is 1. The fourth-order valence-electron chi connectivity index (χ4n) is 1.46. The number of thiophene rings is 1. The van der Waals surface area contributed by atoms with Gasteiger partial charge in [-0.3, -0.25) is 0 Å². The average molecular weight is 253 g/mol. The summed E-state index contributed by atoms with van der Waals surface area (Å²) >= 11 is 2.94. The number of carboxylic acid groups (broad SMARTS) is 1. The fraction of sp³-hybridized carbons (Fsp3) is 0.273. The van der Waals surface area contributed by atoms with Gasteiger partial charge in [-0.15, -0.1) is 22.7 Å². The topological polar surface area (TPSA) is 50.2 Å². The highest BCUT2D eigenvalue weighted by Gasteiger charge is 2.19. The van der Waals surface area contributed by atoms with E-state index in [0.29, 0.717) is 10.6 Å². The second kappa shape index (κ2) is 4.35. The maximum Gasteiger partial charge on any atom is 0.347 e. The lowest BCUT2D eigenvalue weighted by molar-refractivity contribution is 0.0701. The summed E-state index contributed by atoms with van der Waals surface area (Å²) in [4.78, 5) is 16.8. The molecule has 0 fully saturated rings. The minimum absolute atomic E-state index is 0.178. The molecule has 2 aromatic heterocycles. The molecule has 0 aliphatic rings. The summed E-state index contributed by atoms with van der Waals surface area (Å²) in [6.07, 6.45) is 0. The summed E-state index contributed by atoms with van der Waals surface area (Å²) < 4.78 is 0. The van der Waals surface area contributed by atoms with Crippen LogP contribution in [0.4, 0.5) is 0 Å². The van der Waals surface area contributed by atoms with Crippen molar-refractivity contribution in [1.82, 2.24) is 4.98 Å². The number of carbonyl (C=O) groups is 1. The molecule has 0 bridgehead atoms. The van der Waals surface area contributed by atoms with Crippen molar-refractivity contribution in [3.05, 3.63) is 38.0 Å². The molecule has 84 valence electrons. The van der Waals surface area contributed by atoms with Gasteiger partial charge >= 0.3 is 5.97 Å². The summed E-state index contributed by atoms with van der Waals surface area (Å²) in [7, 11) is 0. The van der Waals surface area contributed by atoms with Gasteiger partial charge in [0.15, 0.2) is 0 Å². The van der Waals surface area contributed by atoms with Crippen LogP contribution in [-0.4, -0.2) is 16.1 Å². The van der Waals surface area contributed by atoms with E-state index in [9.17, 15) is 4.79 Å². The van der Waals surface area contributed by atoms with Crippen LogP contribution in [0.2, 0.25) is 0 Å². The first-order valence-electron chi connectivity index (χ1n) is 4.83. The molecule has 0 saturated carbocycles. The summed E-state index contributed by atoms with van der Waals surface area (Å²) in [5.74, 6) is -0.712. The number of hydrogen-bond donors (Lipinski definition) is 1. The Balaban J connectivity index is 2.35. The molecule has 3 nitrogen and oxygen atoms in total. The minimum Gasteiger partial charge on any atom is -0.477 e. The van der Waals surface area contributed by atoms with Gasteiger partial charge in [0.25, 0.3) is 0 Å². The zero-order valence-electron chi connectivity index (χ0n) is 8.93. The van der Waals surface area contributed by atoms with Gasteiger partial charge in [0.05, 0.1) is 5.69 Å². The van der Waals surface area contributed by atoms with Crippen molar-refractivity contribution in [2.24, 2.45) is 0 Å². The fourth-order valence-corrected chi connectivity index (χ4v) is 3.30. The molecule has 0 aliphatic carbocycles. The Hall–Kier alpha value is -1.20. The van der Waals surface area contributed by atoms with E-state index in [-0.39, 0.29) is 5.92 Å². The van der Waals surface area contributed by atoms with E-state index in [0.717, 1.165) is 5.01 Å². The molecule has 0 radical (unpaired) electrons. The number of thiazole rings is 1. The molecule has 5 heteroatoms. The lowest BCUT2D eigenvalue weighted by atomic mass is 10.1. The lowest BCUT2D eigenvalue weighted by Gasteiger charge is -2.03. The van der Waals surface area contributed by atoms with Gasteiger partial charge in [-0.2, -0.15) is 0 Å². The zero-order chi connectivity index (χ0) is 11.7. The minimum atomic E-state index is -0.889. The van der Waals surface area contributed by atoms with E-state index < -0.39 is 5.97 Å². The van der Waals surface area contributed by atoms with Gasteiger partial charge in [0.2, 0.25) is 0 Å². The van der Waals surface area contributed by atoms with Crippen LogP contribution < -0.4 is 0 Å². The van der Waals surface area contributed by atoms with E-state index in [1.54, 1.807) is 18.3 Å². The van der Waals surface area contributed by atoms with Crippen LogP contribution in [0, 0.1) is 6.92 Å². The summed E-state index contributed by atoms with van der Waals surface area (Å²) in [5, 5.41) is 11.9. The monoisotopic (exact) mass is 253 g/mol. The van der Waals surface area contributed by atoms with Crippen LogP contribution in [0.15, 0.2) is 17.5 Å². The van der Waals surface area contributed by atoms with E-state index in [2.05, 4.69) is 11.9 Å². The molecule has 1 unspecified atom stereocenters. The molecular formula is C11H11NO2S2. The Kier molecular flexibility index (Phi) is 3.07. The van der Waals surface area contributed by atoms with E-state index in [1.807, 2.05) is 17.5 Å². The zero-order valence-corrected chi connectivity index (χ0v) is 10.6. The molecule has 1 atom stereocenters. The first-order valence-corrected chi connectivity index (χ1v) is 6.53. The number of carboxylic acids is 1. The third-order valence-electron chi connectivity index (χ3n) is 2.35. The number of nitrogens with zero attached hydrogens (tertiary/aromatic N) is 1. The predicted octanol–water partition coefficient (Wildman–Crippen LogP) is 3.36. The molecule has 0 saturated heterocycles. The quantitative estimate of drug-likeness (QED) is 0.912. The largest absolute Gasteiger partial charge is 0.477 e. The van der Waals surface area contributed by atoms with Gasteiger partial charge in [-0.25, -0.2) is 9.78 Å². The Labute approximate surface area is 101 Å². The van der Waals surface area contributed by atoms with Crippen LogP contribution in [0.25, 0.3) is 0 Å². The van der Waals surface area contributed by atoms with Crippen LogP contribution in [0.5, 0.6) is 0 Å². The van der Waals surface area contributed by atoms with Gasteiger partial charge in [0, 0.05) is 10.8 Å². The first kappa shape index (κ1) is 11.3. The van der Waals surface area contributed by atoms with Crippen molar-refractivity contribution in [3.8, 4) is 0 Å². The Bertz CT molecular complexity index is 502. The SMILES string of the molecule is Cc1nc(C(C)c2cccs2)sc1C(=O)O. The first-order chi connectivity index (χ1) is 7.59. The van der Waals surface area contributed by atoms with Gasteiger partial charge in [0.1, 0.15) is 9.88 Å². The van der Waals surface area contributed by atoms with E-state index in [1.165, 1.54) is 16.2 Å². The highest BCUT2D eigenvalue weighted by Crippen LogP contribution is 2.31. The van der Waals surface area contributed by atoms with Crippen molar-refractivity contribution < 1.29 is 9.90 Å². The molecule has 0 amide bonds. The van der Waals surface area contributed by atoms with Crippen LogP contribution in [0.1, 0.15) is 38.1 Å². The summed E-state index contributed by atoms with van der Waals surface area (Å²) in [5.41, 5.74) is 0.607. The Morgan fingerprint density at radius 3 is 2.81 bits per heavy atom. The molecular weight excluding hydrogens is 242 g/mol. The van der Waals surface area contributed by atoms with Crippen LogP contribution in [-0.2, 0) is 0 Å². The molecule has 1 N–H and O–H groups in total. The standard InChI is InChI=1S/C11H11NO2S2/c1-6(8-4-3-5-15-8)10-12-7(2)9(16-10)11(13)14/h3-6H,1-2H3,(H,13,14). The molecule has 0 spiro atoms. The van der Waals surface area contributed by atoms with Gasteiger partial charge in [-0.05, 0) is 18.4 Å². The molecule has 2 heterocycles. The normalized spacial score (nSPS) is 12.6. The number of hydrogen-bond acceptors (Lipinski definition) is 4. The van der Waals surface area contributed by atoms with Gasteiger partial charge < -0.3 is 5.11 Å². The van der Waals surface area contributed by atoms with Crippen molar-refractivity contribution in [1.29, 1.82) is 0 Å².